The van der Waals surface area contributed by atoms with Gasteiger partial charge in [-0.2, -0.15) is 0 Å². The maximum Gasteiger partial charge on any atom is 0.280 e. The minimum Gasteiger partial charge on any atom is -0.321 e. The van der Waals surface area contributed by atoms with Gasteiger partial charge in [0.1, 0.15) is 17.2 Å². The van der Waals surface area contributed by atoms with E-state index in [2.05, 4.69) is 31.2 Å². The van der Waals surface area contributed by atoms with E-state index in [0.29, 0.717) is 5.69 Å². The first-order chi connectivity index (χ1) is 9.45. The lowest BCUT2D eigenvalue weighted by Crippen LogP contribution is -2.15. The van der Waals surface area contributed by atoms with Crippen LogP contribution < -0.4 is 5.32 Å². The van der Waals surface area contributed by atoms with E-state index in [0.717, 1.165) is 10.5 Å². The monoisotopic (exact) mass is 341 g/mol. The predicted molar refractivity (Wildman–Crippen MR) is 73.8 cm³/mol. The van der Waals surface area contributed by atoms with Crippen LogP contribution in [0.3, 0.4) is 0 Å². The Hall–Kier alpha value is -1.89. The number of aromatic nitrogens is 2. The third-order valence-corrected chi connectivity index (χ3v) is 2.94. The highest BCUT2D eigenvalue weighted by atomic mass is 79.9. The molecular weight excluding hydrogens is 332 g/mol. The molecule has 1 aromatic carbocycles. The first-order valence-electron chi connectivity index (χ1n) is 5.66. The molecule has 0 saturated carbocycles. The third-order valence-electron chi connectivity index (χ3n) is 2.42. The Balaban J connectivity index is 2.22. The molecule has 0 aliphatic carbocycles. The molecule has 0 saturated heterocycles. The van der Waals surface area contributed by atoms with Crippen molar-refractivity contribution in [2.75, 3.05) is 5.32 Å². The van der Waals surface area contributed by atoms with Crippen molar-refractivity contribution in [3.8, 4) is 0 Å². The summed E-state index contributed by atoms with van der Waals surface area (Å²) < 4.78 is 26.1. The molecule has 0 unspecified atom stereocenters. The average Bonchev–Trinajstić information content (AvgIpc) is 2.40. The molecular formula is C13H10BrF2N3O. The van der Waals surface area contributed by atoms with E-state index in [1.807, 2.05) is 0 Å². The van der Waals surface area contributed by atoms with Gasteiger partial charge in [0.25, 0.3) is 12.3 Å². The number of hydrogen-bond donors (Lipinski definition) is 1. The van der Waals surface area contributed by atoms with Crippen LogP contribution in [-0.2, 0) is 0 Å². The van der Waals surface area contributed by atoms with Crippen LogP contribution in [0.15, 0.2) is 34.8 Å². The van der Waals surface area contributed by atoms with Gasteiger partial charge < -0.3 is 5.32 Å². The first kappa shape index (κ1) is 14.5. The summed E-state index contributed by atoms with van der Waals surface area (Å²) in [4.78, 5) is 19.4. The van der Waals surface area contributed by atoms with Gasteiger partial charge in [0, 0.05) is 10.2 Å². The molecule has 20 heavy (non-hydrogen) atoms. The summed E-state index contributed by atoms with van der Waals surface area (Å²) in [6.07, 6.45) is -2.74. The Morgan fingerprint density at radius 3 is 2.50 bits per heavy atom. The molecule has 0 spiro atoms. The Morgan fingerprint density at radius 1 is 1.25 bits per heavy atom. The number of benzene rings is 1. The van der Waals surface area contributed by atoms with Crippen molar-refractivity contribution in [1.82, 2.24) is 9.97 Å². The summed E-state index contributed by atoms with van der Waals surface area (Å²) >= 11 is 3.27. The minimum atomic E-state index is -2.74. The lowest BCUT2D eigenvalue weighted by molar-refractivity contribution is 0.102. The molecule has 0 bridgehead atoms. The van der Waals surface area contributed by atoms with Crippen molar-refractivity contribution in [1.29, 1.82) is 0 Å². The summed E-state index contributed by atoms with van der Waals surface area (Å²) in [7, 11) is 0. The van der Waals surface area contributed by atoms with E-state index in [1.54, 1.807) is 24.3 Å². The van der Waals surface area contributed by atoms with Crippen LogP contribution in [0.4, 0.5) is 14.5 Å². The van der Waals surface area contributed by atoms with Gasteiger partial charge in [-0.15, -0.1) is 0 Å². The lowest BCUT2D eigenvalue weighted by atomic mass is 10.2. The third kappa shape index (κ3) is 3.57. The SMILES string of the molecule is Cc1nc(C(=O)Nc2ccc(Br)cc2)cc(C(F)F)n1. The number of amides is 1. The zero-order chi connectivity index (χ0) is 14.7. The molecule has 2 rings (SSSR count). The van der Waals surface area contributed by atoms with Gasteiger partial charge in [-0.1, -0.05) is 15.9 Å². The van der Waals surface area contributed by atoms with Crippen LogP contribution in [0, 0.1) is 6.92 Å². The molecule has 1 heterocycles. The normalized spacial score (nSPS) is 10.7. The number of aryl methyl sites for hydroxylation is 1. The van der Waals surface area contributed by atoms with Gasteiger partial charge in [-0.05, 0) is 37.3 Å². The zero-order valence-corrected chi connectivity index (χ0v) is 12.0. The average molecular weight is 342 g/mol. The van der Waals surface area contributed by atoms with Gasteiger partial charge in [0.15, 0.2) is 0 Å². The molecule has 0 fully saturated rings. The van der Waals surface area contributed by atoms with Gasteiger partial charge in [0.2, 0.25) is 0 Å². The van der Waals surface area contributed by atoms with E-state index in [-0.39, 0.29) is 11.5 Å². The maximum atomic E-state index is 12.6. The van der Waals surface area contributed by atoms with Crippen molar-refractivity contribution in [3.05, 3.63) is 52.0 Å². The van der Waals surface area contributed by atoms with Crippen molar-refractivity contribution in [3.63, 3.8) is 0 Å². The van der Waals surface area contributed by atoms with Crippen molar-refractivity contribution < 1.29 is 13.6 Å². The topological polar surface area (TPSA) is 54.9 Å². The maximum absolute atomic E-state index is 12.6. The fourth-order valence-electron chi connectivity index (χ4n) is 1.55. The molecule has 2 aromatic rings. The van der Waals surface area contributed by atoms with Gasteiger partial charge >= 0.3 is 0 Å². The molecule has 4 nitrogen and oxygen atoms in total. The molecule has 0 aliphatic rings. The molecule has 104 valence electrons. The highest BCUT2D eigenvalue weighted by molar-refractivity contribution is 9.10. The van der Waals surface area contributed by atoms with E-state index < -0.39 is 18.0 Å². The second kappa shape index (κ2) is 6.04. The first-order valence-corrected chi connectivity index (χ1v) is 6.45. The number of carbonyl (C=O) groups excluding carboxylic acids is 1. The van der Waals surface area contributed by atoms with Gasteiger partial charge in [-0.3, -0.25) is 4.79 Å². The lowest BCUT2D eigenvalue weighted by Gasteiger charge is -2.07. The highest BCUT2D eigenvalue weighted by Crippen LogP contribution is 2.18. The molecule has 1 amide bonds. The number of nitrogens with one attached hydrogen (secondary N) is 1. The van der Waals surface area contributed by atoms with E-state index in [1.165, 1.54) is 6.92 Å². The van der Waals surface area contributed by atoms with Gasteiger partial charge in [-0.25, -0.2) is 18.7 Å². The van der Waals surface area contributed by atoms with Gasteiger partial charge in [0.05, 0.1) is 0 Å². The zero-order valence-electron chi connectivity index (χ0n) is 10.4. The second-order valence-corrected chi connectivity index (χ2v) is 4.90. The molecule has 1 aromatic heterocycles. The van der Waals surface area contributed by atoms with Crippen LogP contribution in [0.5, 0.6) is 0 Å². The Labute approximate surface area is 122 Å². The summed E-state index contributed by atoms with van der Waals surface area (Å²) in [5.41, 5.74) is 0.00207. The second-order valence-electron chi connectivity index (χ2n) is 3.99. The van der Waals surface area contributed by atoms with Crippen LogP contribution >= 0.6 is 15.9 Å². The number of rotatable bonds is 3. The molecule has 0 aliphatic heterocycles. The van der Waals surface area contributed by atoms with Crippen molar-refractivity contribution >= 4 is 27.5 Å². The van der Waals surface area contributed by atoms with Crippen molar-refractivity contribution in [2.45, 2.75) is 13.3 Å². The van der Waals surface area contributed by atoms with Crippen LogP contribution in [0.2, 0.25) is 0 Å². The smallest absolute Gasteiger partial charge is 0.280 e. The largest absolute Gasteiger partial charge is 0.321 e. The summed E-state index contributed by atoms with van der Waals surface area (Å²) in [5, 5.41) is 2.58. The standard InChI is InChI=1S/C13H10BrF2N3O/c1-7-17-10(12(15)16)6-11(18-7)13(20)19-9-4-2-8(14)3-5-9/h2-6,12H,1H3,(H,19,20). The molecule has 0 radical (unpaired) electrons. The Morgan fingerprint density at radius 2 is 1.90 bits per heavy atom. The number of nitrogens with zero attached hydrogens (tertiary/aromatic N) is 2. The fraction of sp³-hybridized carbons (Fsp3) is 0.154. The quantitative estimate of drug-likeness (QED) is 0.925. The highest BCUT2D eigenvalue weighted by Gasteiger charge is 2.15. The number of hydrogen-bond acceptors (Lipinski definition) is 3. The van der Waals surface area contributed by atoms with Crippen LogP contribution in [0.1, 0.15) is 28.4 Å². The minimum absolute atomic E-state index is 0.0873. The molecule has 0 atom stereocenters. The van der Waals surface area contributed by atoms with E-state index in [4.69, 9.17) is 0 Å². The number of halogens is 3. The Kier molecular flexibility index (Phi) is 4.39. The van der Waals surface area contributed by atoms with E-state index in [9.17, 15) is 13.6 Å². The van der Waals surface area contributed by atoms with Crippen LogP contribution in [0.25, 0.3) is 0 Å². The summed E-state index contributed by atoms with van der Waals surface area (Å²) in [5.74, 6) is -0.427. The predicted octanol–water partition coefficient (Wildman–Crippen LogP) is 3.74. The molecule has 7 heteroatoms. The van der Waals surface area contributed by atoms with Crippen molar-refractivity contribution in [2.24, 2.45) is 0 Å². The number of alkyl halides is 2. The summed E-state index contributed by atoms with van der Waals surface area (Å²) in [6, 6.07) is 7.87. The number of anilines is 1. The summed E-state index contributed by atoms with van der Waals surface area (Å²) in [6.45, 7) is 1.46. The molecule has 1 N–H and O–H groups in total. The number of carbonyl (C=O) groups is 1. The van der Waals surface area contributed by atoms with Crippen LogP contribution in [-0.4, -0.2) is 15.9 Å². The Bertz CT molecular complexity index is 632. The van der Waals surface area contributed by atoms with E-state index >= 15 is 0 Å². The fourth-order valence-corrected chi connectivity index (χ4v) is 1.81.